The number of rotatable bonds is 4. The van der Waals surface area contributed by atoms with E-state index in [0.717, 1.165) is 67.9 Å². The summed E-state index contributed by atoms with van der Waals surface area (Å²) in [5.41, 5.74) is 4.45. The second-order valence-electron chi connectivity index (χ2n) is 7.53. The molecule has 0 spiro atoms. The number of fused-ring (bicyclic) bond motifs is 3. The molecule has 1 fully saturated rings. The van der Waals surface area contributed by atoms with Crippen molar-refractivity contribution in [2.24, 2.45) is 0 Å². The lowest BCUT2D eigenvalue weighted by Gasteiger charge is -2.37. The van der Waals surface area contributed by atoms with Crippen molar-refractivity contribution < 1.29 is 5.11 Å². The van der Waals surface area contributed by atoms with Crippen LogP contribution < -0.4 is 5.32 Å². The molecule has 142 valence electrons. The van der Waals surface area contributed by atoms with Gasteiger partial charge < -0.3 is 10.4 Å². The van der Waals surface area contributed by atoms with E-state index in [-0.39, 0.29) is 0 Å². The van der Waals surface area contributed by atoms with Gasteiger partial charge in [0.15, 0.2) is 0 Å². The van der Waals surface area contributed by atoms with Gasteiger partial charge in [0.25, 0.3) is 0 Å². The molecule has 1 aromatic carbocycles. The largest absolute Gasteiger partial charge is 0.385 e. The van der Waals surface area contributed by atoms with E-state index in [2.05, 4.69) is 44.5 Å². The molecule has 3 heterocycles. The van der Waals surface area contributed by atoms with Crippen LogP contribution in [-0.4, -0.2) is 25.3 Å². The number of hydrogen-bond acceptors (Lipinski definition) is 7. The van der Waals surface area contributed by atoms with Crippen molar-refractivity contribution in [2.45, 2.75) is 45.3 Å². The number of nitrogens with one attached hydrogen (secondary N) is 1. The first-order valence-electron chi connectivity index (χ1n) is 9.48. The Bertz CT molecular complexity index is 1200. The summed E-state index contributed by atoms with van der Waals surface area (Å²) in [7, 11) is 0. The van der Waals surface area contributed by atoms with Gasteiger partial charge in [0, 0.05) is 11.9 Å². The van der Waals surface area contributed by atoms with Crippen LogP contribution in [0.25, 0.3) is 20.4 Å². The second-order valence-corrected chi connectivity index (χ2v) is 8.53. The van der Waals surface area contributed by atoms with Gasteiger partial charge in [-0.05, 0) is 49.8 Å². The molecule has 0 aliphatic heterocycles. The number of aliphatic hydroxyl groups is 1. The highest BCUT2D eigenvalue weighted by molar-refractivity contribution is 7.25. The molecular weight excluding hydrogens is 370 g/mol. The number of hydrogen-bond donors (Lipinski definition) is 2. The molecular formula is C21H21N5OS. The molecule has 5 rings (SSSR count). The topological polar surface area (TPSA) is 83.8 Å². The number of nitrogens with zero attached hydrogens (tertiary/aromatic N) is 4. The van der Waals surface area contributed by atoms with Gasteiger partial charge in [-0.2, -0.15) is 5.10 Å². The van der Waals surface area contributed by atoms with Crippen LogP contribution in [0.3, 0.4) is 0 Å². The maximum Gasteiger partial charge on any atom is 0.149 e. The molecule has 1 aliphatic carbocycles. The minimum absolute atomic E-state index is 0.633. The lowest BCUT2D eigenvalue weighted by Crippen LogP contribution is -2.33. The minimum atomic E-state index is -0.641. The Balaban J connectivity index is 1.48. The standard InChI is InChI=1S/C21H21N5OS/c1-12-13(2)25-26-20-16(12)17-18(28-20)19(24-11-23-17)22-10-14-5-3-6-15(9-14)21(27)7-4-8-21/h3,5-6,9,11,27H,4,7-8,10H2,1-2H3,(H,22,23,24). The van der Waals surface area contributed by atoms with E-state index in [0.29, 0.717) is 6.54 Å². The van der Waals surface area contributed by atoms with Gasteiger partial charge in [0.05, 0.1) is 21.5 Å². The van der Waals surface area contributed by atoms with E-state index in [1.54, 1.807) is 17.7 Å². The average molecular weight is 392 g/mol. The van der Waals surface area contributed by atoms with E-state index in [1.165, 1.54) is 0 Å². The zero-order valence-electron chi connectivity index (χ0n) is 15.9. The number of thiophene rings is 1. The molecule has 0 saturated heterocycles. The highest BCUT2D eigenvalue weighted by Crippen LogP contribution is 2.41. The van der Waals surface area contributed by atoms with Crippen LogP contribution in [0, 0.1) is 13.8 Å². The van der Waals surface area contributed by atoms with E-state index in [4.69, 9.17) is 0 Å². The maximum absolute atomic E-state index is 10.6. The van der Waals surface area contributed by atoms with E-state index in [1.807, 2.05) is 19.1 Å². The van der Waals surface area contributed by atoms with Crippen molar-refractivity contribution in [1.82, 2.24) is 20.2 Å². The fourth-order valence-electron chi connectivity index (χ4n) is 3.77. The first-order chi connectivity index (χ1) is 13.5. The molecule has 0 amide bonds. The lowest BCUT2D eigenvalue weighted by atomic mass is 9.75. The van der Waals surface area contributed by atoms with Gasteiger partial charge in [0.1, 0.15) is 17.0 Å². The van der Waals surface area contributed by atoms with E-state index < -0.39 is 5.60 Å². The Morgan fingerprint density at radius 1 is 1.18 bits per heavy atom. The molecule has 0 atom stereocenters. The Kier molecular flexibility index (Phi) is 4.03. The maximum atomic E-state index is 10.6. The molecule has 0 unspecified atom stereocenters. The first-order valence-corrected chi connectivity index (χ1v) is 10.3. The highest BCUT2D eigenvalue weighted by atomic mass is 32.1. The molecule has 7 heteroatoms. The zero-order chi connectivity index (χ0) is 19.3. The third kappa shape index (κ3) is 2.73. The van der Waals surface area contributed by atoms with Crippen molar-refractivity contribution >= 4 is 37.6 Å². The Labute approximate surface area is 166 Å². The van der Waals surface area contributed by atoms with Crippen molar-refractivity contribution in [2.75, 3.05) is 5.32 Å². The fraction of sp³-hybridized carbons (Fsp3) is 0.333. The smallest absolute Gasteiger partial charge is 0.149 e. The van der Waals surface area contributed by atoms with Crippen molar-refractivity contribution in [3.63, 3.8) is 0 Å². The Morgan fingerprint density at radius 2 is 2.04 bits per heavy atom. The summed E-state index contributed by atoms with van der Waals surface area (Å²) in [5, 5.41) is 23.7. The summed E-state index contributed by atoms with van der Waals surface area (Å²) < 4.78 is 0.995. The quantitative estimate of drug-likeness (QED) is 0.541. The second kappa shape index (κ2) is 6.46. The zero-order valence-corrected chi connectivity index (χ0v) is 16.7. The molecule has 1 saturated carbocycles. The van der Waals surface area contributed by atoms with Gasteiger partial charge in [-0.1, -0.05) is 24.3 Å². The lowest BCUT2D eigenvalue weighted by molar-refractivity contribution is -0.0388. The predicted molar refractivity (Wildman–Crippen MR) is 112 cm³/mol. The summed E-state index contributed by atoms with van der Waals surface area (Å²) in [6.07, 6.45) is 4.38. The van der Waals surface area contributed by atoms with Crippen LogP contribution in [0.4, 0.5) is 5.82 Å². The summed E-state index contributed by atoms with van der Waals surface area (Å²) in [4.78, 5) is 9.85. The minimum Gasteiger partial charge on any atom is -0.385 e. The van der Waals surface area contributed by atoms with Gasteiger partial charge in [-0.25, -0.2) is 9.97 Å². The number of aryl methyl sites for hydroxylation is 2. The number of benzene rings is 1. The van der Waals surface area contributed by atoms with Crippen LogP contribution in [0.5, 0.6) is 0 Å². The van der Waals surface area contributed by atoms with Crippen molar-refractivity contribution in [1.29, 1.82) is 0 Å². The molecule has 2 N–H and O–H groups in total. The van der Waals surface area contributed by atoms with Gasteiger partial charge in [-0.15, -0.1) is 16.4 Å². The normalized spacial score (nSPS) is 15.7. The summed E-state index contributed by atoms with van der Waals surface area (Å²) >= 11 is 1.57. The summed E-state index contributed by atoms with van der Waals surface area (Å²) in [6.45, 7) is 4.66. The highest BCUT2D eigenvalue weighted by Gasteiger charge is 2.36. The number of aromatic nitrogens is 4. The van der Waals surface area contributed by atoms with Crippen LogP contribution in [-0.2, 0) is 12.1 Å². The Morgan fingerprint density at radius 3 is 2.82 bits per heavy atom. The van der Waals surface area contributed by atoms with Gasteiger partial charge in [0.2, 0.25) is 0 Å². The van der Waals surface area contributed by atoms with E-state index >= 15 is 0 Å². The molecule has 1 aliphatic rings. The molecule has 3 aromatic heterocycles. The molecule has 6 nitrogen and oxygen atoms in total. The van der Waals surface area contributed by atoms with E-state index in [9.17, 15) is 5.11 Å². The van der Waals surface area contributed by atoms with Crippen molar-refractivity contribution in [3.8, 4) is 0 Å². The van der Waals surface area contributed by atoms with Crippen LogP contribution in [0.2, 0.25) is 0 Å². The summed E-state index contributed by atoms with van der Waals surface area (Å²) in [6, 6.07) is 8.19. The summed E-state index contributed by atoms with van der Waals surface area (Å²) in [5.74, 6) is 0.804. The van der Waals surface area contributed by atoms with Gasteiger partial charge in [-0.3, -0.25) is 0 Å². The van der Waals surface area contributed by atoms with Crippen LogP contribution >= 0.6 is 11.3 Å². The number of anilines is 1. The third-order valence-corrected chi connectivity index (χ3v) is 6.84. The monoisotopic (exact) mass is 391 g/mol. The SMILES string of the molecule is Cc1nnc2sc3c(NCc4cccc(C5(O)CCC5)c4)ncnc3c2c1C. The third-order valence-electron chi connectivity index (χ3n) is 5.77. The van der Waals surface area contributed by atoms with Gasteiger partial charge >= 0.3 is 0 Å². The average Bonchev–Trinajstić information content (AvgIpc) is 3.07. The molecule has 28 heavy (non-hydrogen) atoms. The predicted octanol–water partition coefficient (Wildman–Crippen LogP) is 4.23. The molecule has 0 bridgehead atoms. The first kappa shape index (κ1) is 17.5. The van der Waals surface area contributed by atoms with Crippen LogP contribution in [0.1, 0.15) is 41.6 Å². The van der Waals surface area contributed by atoms with Crippen molar-refractivity contribution in [3.05, 3.63) is 53.0 Å². The molecule has 4 aromatic rings. The van der Waals surface area contributed by atoms with Crippen LogP contribution in [0.15, 0.2) is 30.6 Å². The Hall–Kier alpha value is -2.64. The fourth-order valence-corrected chi connectivity index (χ4v) is 4.86. The molecule has 0 radical (unpaired) electrons.